The van der Waals surface area contributed by atoms with Gasteiger partial charge >= 0.3 is 6.09 Å². The van der Waals surface area contributed by atoms with Crippen LogP contribution in [0.2, 0.25) is 0 Å². The van der Waals surface area contributed by atoms with E-state index in [0.717, 1.165) is 11.6 Å². The molecule has 0 saturated carbocycles. The highest BCUT2D eigenvalue weighted by molar-refractivity contribution is 7.88. The van der Waals surface area contributed by atoms with E-state index in [4.69, 9.17) is 4.74 Å². The van der Waals surface area contributed by atoms with E-state index < -0.39 is 27.9 Å². The second-order valence-electron chi connectivity index (χ2n) is 11.4. The van der Waals surface area contributed by atoms with E-state index in [-0.39, 0.29) is 0 Å². The number of nitrogens with one attached hydrogen (secondary N) is 1. The number of amides is 1. The zero-order valence-corrected chi connectivity index (χ0v) is 26.5. The summed E-state index contributed by atoms with van der Waals surface area (Å²) < 4.78 is 38.7. The van der Waals surface area contributed by atoms with Crippen molar-refractivity contribution in [3.8, 4) is 0 Å². The number of rotatable bonds is 17. The molecule has 0 heterocycles. The molecule has 0 saturated heterocycles. The van der Waals surface area contributed by atoms with Gasteiger partial charge < -0.3 is 19.1 Å². The minimum Gasteiger partial charge on any atom is -0.744 e. The predicted molar refractivity (Wildman–Crippen MR) is 162 cm³/mol. The van der Waals surface area contributed by atoms with Crippen LogP contribution >= 0.6 is 0 Å². The van der Waals surface area contributed by atoms with Crippen molar-refractivity contribution in [1.29, 1.82) is 0 Å². The molecular formula is C31H56N2O5S. The third kappa shape index (κ3) is 20.6. The van der Waals surface area contributed by atoms with Gasteiger partial charge in [0.1, 0.15) is 15.7 Å². The Balaban J connectivity index is 0.000000768. The lowest BCUT2D eigenvalue weighted by Crippen LogP contribution is -2.50. The van der Waals surface area contributed by atoms with Crippen LogP contribution in [0.25, 0.3) is 0 Å². The maximum atomic E-state index is 11.8. The molecule has 0 aliphatic heterocycles. The van der Waals surface area contributed by atoms with Crippen LogP contribution in [0.15, 0.2) is 41.8 Å². The summed E-state index contributed by atoms with van der Waals surface area (Å²) in [5.74, 6) is 0. The number of hydrogen-bond acceptors (Lipinski definition) is 5. The number of unbranched alkanes of at least 4 members (excludes halogenated alkanes) is 4. The normalized spacial score (nSPS) is 13.0. The zero-order chi connectivity index (χ0) is 29.8. The average Bonchev–Trinajstić information content (AvgIpc) is 2.86. The van der Waals surface area contributed by atoms with Crippen LogP contribution in [0.1, 0.15) is 105 Å². The summed E-state index contributed by atoms with van der Waals surface area (Å²) in [6.07, 6.45) is 11.9. The molecule has 1 aromatic rings. The van der Waals surface area contributed by atoms with Gasteiger partial charge in [-0.2, -0.15) is 0 Å². The van der Waals surface area contributed by atoms with E-state index in [1.54, 1.807) is 20.8 Å². The van der Waals surface area contributed by atoms with Crippen molar-refractivity contribution in [3.05, 3.63) is 47.4 Å². The minimum absolute atomic E-state index is 0.339. The SMILES string of the molecule is CC(C)(C)OC(=O)N[C@H](/C=C/S(=O)(=O)[O-])Cc1ccccc1.CCCC[N+](CCCC)(CCCC)CCCC. The third-order valence-electron chi connectivity index (χ3n) is 6.42. The molecule has 0 fully saturated rings. The summed E-state index contributed by atoms with van der Waals surface area (Å²) in [4.78, 5) is 11.8. The number of ether oxygens (including phenoxy) is 1. The molecule has 39 heavy (non-hydrogen) atoms. The molecule has 7 nitrogen and oxygen atoms in total. The molecule has 226 valence electrons. The zero-order valence-electron chi connectivity index (χ0n) is 25.7. The van der Waals surface area contributed by atoms with E-state index in [2.05, 4.69) is 33.0 Å². The molecular weight excluding hydrogens is 512 g/mol. The van der Waals surface area contributed by atoms with E-state index in [9.17, 15) is 17.8 Å². The molecule has 1 N–H and O–H groups in total. The van der Waals surface area contributed by atoms with Gasteiger partial charge in [-0.05, 0) is 58.4 Å². The first-order chi connectivity index (χ1) is 18.3. The fourth-order valence-electron chi connectivity index (χ4n) is 4.33. The standard InChI is InChI=1S/C16H36N.C15H21NO5S/c1-5-9-13-17(14-10-6-2,15-11-7-3)16-12-8-4;1-15(2,3)21-14(17)16-13(9-10-22(18,19)20)11-12-7-5-4-6-8-12/h5-16H2,1-4H3;4-10,13H,11H2,1-3H3,(H,16,17)(H,18,19,20)/q+1;/p-1/b;10-9+/t;13-/m.1/s1. The van der Waals surface area contributed by atoms with Crippen molar-refractivity contribution in [3.63, 3.8) is 0 Å². The van der Waals surface area contributed by atoms with E-state index in [1.807, 2.05) is 30.3 Å². The largest absolute Gasteiger partial charge is 0.744 e. The van der Waals surface area contributed by atoms with E-state index in [1.165, 1.54) is 82.0 Å². The van der Waals surface area contributed by atoms with Gasteiger partial charge in [0.15, 0.2) is 0 Å². The summed E-state index contributed by atoms with van der Waals surface area (Å²) in [6, 6.07) is 8.51. The Kier molecular flexibility index (Phi) is 19.1. The van der Waals surface area contributed by atoms with Crippen molar-refractivity contribution >= 4 is 16.2 Å². The highest BCUT2D eigenvalue weighted by Crippen LogP contribution is 2.16. The van der Waals surface area contributed by atoms with Crippen LogP contribution in [0.4, 0.5) is 4.79 Å². The molecule has 1 atom stereocenters. The molecule has 1 aromatic carbocycles. The average molecular weight is 569 g/mol. The monoisotopic (exact) mass is 568 g/mol. The van der Waals surface area contributed by atoms with Crippen molar-refractivity contribution in [2.75, 3.05) is 26.2 Å². The molecule has 1 amide bonds. The molecule has 8 heteroatoms. The Morgan fingerprint density at radius 3 is 1.69 bits per heavy atom. The lowest BCUT2D eigenvalue weighted by Gasteiger charge is -2.39. The Labute approximate surface area is 239 Å². The van der Waals surface area contributed by atoms with Crippen LogP contribution in [-0.2, 0) is 21.3 Å². The number of carbonyl (C=O) groups is 1. The minimum atomic E-state index is -4.51. The number of nitrogens with zero attached hydrogens (tertiary/aromatic N) is 1. The first-order valence-electron chi connectivity index (χ1n) is 14.8. The van der Waals surface area contributed by atoms with Gasteiger partial charge in [-0.25, -0.2) is 13.2 Å². The second kappa shape index (κ2) is 20.0. The topological polar surface area (TPSA) is 95.5 Å². The van der Waals surface area contributed by atoms with Crippen LogP contribution in [0, 0.1) is 0 Å². The van der Waals surface area contributed by atoms with Gasteiger partial charge in [0.25, 0.3) is 0 Å². The lowest BCUT2D eigenvalue weighted by atomic mass is 10.1. The highest BCUT2D eigenvalue weighted by atomic mass is 32.2. The molecule has 0 spiro atoms. The summed E-state index contributed by atoms with van der Waals surface area (Å²) in [5.41, 5.74) is 0.215. The van der Waals surface area contributed by atoms with Crippen LogP contribution in [-0.4, -0.2) is 61.4 Å². The number of benzene rings is 1. The lowest BCUT2D eigenvalue weighted by molar-refractivity contribution is -0.929. The van der Waals surface area contributed by atoms with E-state index >= 15 is 0 Å². The van der Waals surface area contributed by atoms with E-state index in [0.29, 0.717) is 11.8 Å². The van der Waals surface area contributed by atoms with Crippen molar-refractivity contribution < 1.29 is 27.0 Å². The van der Waals surface area contributed by atoms with Gasteiger partial charge in [-0.3, -0.25) is 0 Å². The summed E-state index contributed by atoms with van der Waals surface area (Å²) >= 11 is 0. The molecule has 0 radical (unpaired) electrons. The first-order valence-corrected chi connectivity index (χ1v) is 16.3. The third-order valence-corrected chi connectivity index (χ3v) is 6.91. The molecule has 1 rings (SSSR count). The molecule has 0 aliphatic rings. The number of quaternary nitrogens is 1. The Morgan fingerprint density at radius 2 is 1.33 bits per heavy atom. The van der Waals surface area contributed by atoms with Crippen molar-refractivity contribution in [1.82, 2.24) is 5.32 Å². The first kappa shape index (κ1) is 37.1. The quantitative estimate of drug-likeness (QED) is 0.159. The fraction of sp³-hybridized carbons (Fsp3) is 0.710. The van der Waals surface area contributed by atoms with Gasteiger partial charge in [0, 0.05) is 5.41 Å². The van der Waals surface area contributed by atoms with Gasteiger partial charge in [-0.1, -0.05) is 89.8 Å². The summed E-state index contributed by atoms with van der Waals surface area (Å²) in [7, 11) is -4.51. The second-order valence-corrected chi connectivity index (χ2v) is 12.7. The summed E-state index contributed by atoms with van der Waals surface area (Å²) in [5, 5.41) is 3.08. The van der Waals surface area contributed by atoms with Crippen LogP contribution < -0.4 is 5.32 Å². The van der Waals surface area contributed by atoms with Gasteiger partial charge in [-0.15, -0.1) is 0 Å². The van der Waals surface area contributed by atoms with Crippen molar-refractivity contribution in [2.45, 2.75) is 118 Å². The Hall–Kier alpha value is -1.90. The Bertz CT molecular complexity index is 858. The maximum Gasteiger partial charge on any atom is 0.408 e. The Morgan fingerprint density at radius 1 is 0.897 bits per heavy atom. The van der Waals surface area contributed by atoms with Gasteiger partial charge in [0.05, 0.1) is 32.2 Å². The maximum absolute atomic E-state index is 11.8. The number of carbonyl (C=O) groups excluding carboxylic acids is 1. The predicted octanol–water partition coefficient (Wildman–Crippen LogP) is 7.18. The van der Waals surface area contributed by atoms with Crippen LogP contribution in [0.3, 0.4) is 0 Å². The molecule has 0 bridgehead atoms. The summed E-state index contributed by atoms with van der Waals surface area (Å²) in [6.45, 7) is 20.2. The fourth-order valence-corrected chi connectivity index (χ4v) is 4.71. The smallest absolute Gasteiger partial charge is 0.408 e. The molecule has 0 aliphatic carbocycles. The molecule has 0 unspecified atom stereocenters. The molecule has 0 aromatic heterocycles. The van der Waals surface area contributed by atoms with Gasteiger partial charge in [0.2, 0.25) is 0 Å². The van der Waals surface area contributed by atoms with Crippen molar-refractivity contribution in [2.24, 2.45) is 0 Å². The number of hydrogen-bond donors (Lipinski definition) is 1. The number of alkyl carbamates (subject to hydrolysis) is 1. The van der Waals surface area contributed by atoms with Crippen LogP contribution in [0.5, 0.6) is 0 Å². The highest BCUT2D eigenvalue weighted by Gasteiger charge is 2.24.